The largest absolute Gasteiger partial charge is 0.394 e. The number of benzene rings is 2. The molecule has 2 amide bonds. The van der Waals surface area contributed by atoms with E-state index in [1.54, 1.807) is 11.9 Å². The summed E-state index contributed by atoms with van der Waals surface area (Å²) < 4.78 is 1.01. The topological polar surface area (TPSA) is 52.6 Å². The first-order chi connectivity index (χ1) is 12.0. The molecule has 0 radical (unpaired) electrons. The van der Waals surface area contributed by atoms with Crippen LogP contribution < -0.4 is 10.2 Å². The number of nitrogens with zero attached hydrogens (tertiary/aromatic N) is 1. The van der Waals surface area contributed by atoms with Crippen molar-refractivity contribution in [2.45, 2.75) is 32.2 Å². The van der Waals surface area contributed by atoms with Gasteiger partial charge in [0.2, 0.25) is 0 Å². The summed E-state index contributed by atoms with van der Waals surface area (Å²) in [7, 11) is 1.77. The summed E-state index contributed by atoms with van der Waals surface area (Å²) in [5.41, 5.74) is 0.854. The number of nitrogens with one attached hydrogen (secondary N) is 1. The van der Waals surface area contributed by atoms with Crippen molar-refractivity contribution in [3.05, 3.63) is 40.9 Å². The third-order valence-electron chi connectivity index (χ3n) is 5.32. The van der Waals surface area contributed by atoms with E-state index in [4.69, 9.17) is 0 Å². The maximum atomic E-state index is 12.8. The van der Waals surface area contributed by atoms with Crippen LogP contribution in [-0.2, 0) is 0 Å². The van der Waals surface area contributed by atoms with Crippen LogP contribution in [0.25, 0.3) is 10.8 Å². The lowest BCUT2D eigenvalue weighted by atomic mass is 9.97. The van der Waals surface area contributed by atoms with Gasteiger partial charge in [-0.1, -0.05) is 53.5 Å². The Labute approximate surface area is 157 Å². The minimum absolute atomic E-state index is 0.0158. The van der Waals surface area contributed by atoms with Gasteiger partial charge in [-0.25, -0.2) is 4.79 Å². The van der Waals surface area contributed by atoms with Crippen LogP contribution in [0.15, 0.2) is 40.9 Å². The second-order valence-electron chi connectivity index (χ2n) is 7.09. The summed E-state index contributed by atoms with van der Waals surface area (Å²) in [6.45, 7) is 2.22. The van der Waals surface area contributed by atoms with Crippen LogP contribution in [0.4, 0.5) is 10.5 Å². The molecule has 1 aliphatic rings. The highest BCUT2D eigenvalue weighted by molar-refractivity contribution is 9.10. The van der Waals surface area contributed by atoms with E-state index in [1.807, 2.05) is 36.4 Å². The predicted octanol–water partition coefficient (Wildman–Crippen LogP) is 4.55. The maximum absolute atomic E-state index is 12.8. The van der Waals surface area contributed by atoms with Gasteiger partial charge in [-0.2, -0.15) is 0 Å². The minimum atomic E-state index is -0.179. The highest BCUT2D eigenvalue weighted by Gasteiger charge is 2.30. The van der Waals surface area contributed by atoms with Gasteiger partial charge in [0.15, 0.2) is 0 Å². The number of hydrogen-bond donors (Lipinski definition) is 2. The summed E-state index contributed by atoms with van der Waals surface area (Å²) in [5.74, 6) is 1.03. The zero-order chi connectivity index (χ0) is 18.0. The Balaban J connectivity index is 1.79. The van der Waals surface area contributed by atoms with Crippen molar-refractivity contribution >= 4 is 38.4 Å². The van der Waals surface area contributed by atoms with Crippen molar-refractivity contribution in [3.63, 3.8) is 0 Å². The van der Waals surface area contributed by atoms with Crippen LogP contribution in [0.5, 0.6) is 0 Å². The lowest BCUT2D eigenvalue weighted by molar-refractivity contribution is 0.192. The number of amides is 2. The molecule has 0 aliphatic heterocycles. The Morgan fingerprint density at radius 3 is 2.64 bits per heavy atom. The highest BCUT2D eigenvalue weighted by Crippen LogP contribution is 2.34. The first kappa shape index (κ1) is 18.2. The zero-order valence-electron chi connectivity index (χ0n) is 14.7. The molecule has 2 N–H and O–H groups in total. The standard InChI is InChI=1S/C20H25BrN2O2/c1-13-7-8-14(11-13)18(12-24)22-20(25)23(2)19-10-9-17(21)15-5-3-4-6-16(15)19/h3-6,9-10,13-14,18,24H,7-8,11-12H2,1-2H3,(H,22,25)/t13?,14?,18-/m1/s1. The van der Waals surface area contributed by atoms with Crippen LogP contribution in [0, 0.1) is 11.8 Å². The van der Waals surface area contributed by atoms with Crippen LogP contribution in [0.2, 0.25) is 0 Å². The smallest absolute Gasteiger partial charge is 0.321 e. The number of carbonyl (C=O) groups is 1. The van der Waals surface area contributed by atoms with E-state index >= 15 is 0 Å². The average Bonchev–Trinajstić information content (AvgIpc) is 3.05. The molecule has 134 valence electrons. The quantitative estimate of drug-likeness (QED) is 0.785. The van der Waals surface area contributed by atoms with E-state index in [2.05, 4.69) is 28.2 Å². The van der Waals surface area contributed by atoms with E-state index in [0.717, 1.165) is 33.8 Å². The summed E-state index contributed by atoms with van der Waals surface area (Å²) in [4.78, 5) is 14.4. The number of halogens is 1. The van der Waals surface area contributed by atoms with Gasteiger partial charge in [-0.15, -0.1) is 0 Å². The summed E-state index contributed by atoms with van der Waals surface area (Å²) in [6.07, 6.45) is 3.30. The van der Waals surface area contributed by atoms with E-state index in [0.29, 0.717) is 11.8 Å². The van der Waals surface area contributed by atoms with Crippen LogP contribution in [0.3, 0.4) is 0 Å². The molecule has 2 unspecified atom stereocenters. The highest BCUT2D eigenvalue weighted by atomic mass is 79.9. The maximum Gasteiger partial charge on any atom is 0.321 e. The van der Waals surface area contributed by atoms with Gasteiger partial charge >= 0.3 is 6.03 Å². The Kier molecular flexibility index (Phi) is 5.64. The third kappa shape index (κ3) is 3.82. The van der Waals surface area contributed by atoms with Crippen molar-refractivity contribution in [2.75, 3.05) is 18.6 Å². The fraction of sp³-hybridized carbons (Fsp3) is 0.450. The second-order valence-corrected chi connectivity index (χ2v) is 7.94. The average molecular weight is 405 g/mol. The molecule has 1 aliphatic carbocycles. The normalized spacial score (nSPS) is 21.3. The van der Waals surface area contributed by atoms with Crippen molar-refractivity contribution < 1.29 is 9.90 Å². The lowest BCUT2D eigenvalue weighted by Gasteiger charge is -2.27. The molecule has 3 rings (SSSR count). The van der Waals surface area contributed by atoms with E-state index < -0.39 is 0 Å². The molecule has 1 saturated carbocycles. The van der Waals surface area contributed by atoms with Crippen molar-refractivity contribution in [3.8, 4) is 0 Å². The van der Waals surface area contributed by atoms with Crippen LogP contribution in [0.1, 0.15) is 26.2 Å². The van der Waals surface area contributed by atoms with Crippen molar-refractivity contribution in [2.24, 2.45) is 11.8 Å². The van der Waals surface area contributed by atoms with Gasteiger partial charge in [-0.3, -0.25) is 4.90 Å². The summed E-state index contributed by atoms with van der Waals surface area (Å²) in [6, 6.07) is 11.6. The first-order valence-corrected chi connectivity index (χ1v) is 9.63. The molecule has 2 aromatic rings. The lowest BCUT2D eigenvalue weighted by Crippen LogP contribution is -2.47. The monoisotopic (exact) mass is 404 g/mol. The number of hydrogen-bond acceptors (Lipinski definition) is 2. The number of rotatable bonds is 4. The fourth-order valence-corrected chi connectivity index (χ4v) is 4.31. The van der Waals surface area contributed by atoms with Crippen molar-refractivity contribution in [1.82, 2.24) is 5.32 Å². The number of urea groups is 1. The molecular weight excluding hydrogens is 380 g/mol. The second kappa shape index (κ2) is 7.75. The van der Waals surface area contributed by atoms with Gasteiger partial charge in [0.05, 0.1) is 18.3 Å². The zero-order valence-corrected chi connectivity index (χ0v) is 16.3. The molecule has 1 fully saturated rings. The van der Waals surface area contributed by atoms with E-state index in [1.165, 1.54) is 6.42 Å². The summed E-state index contributed by atoms with van der Waals surface area (Å²) in [5, 5.41) is 14.9. The molecule has 25 heavy (non-hydrogen) atoms. The number of aliphatic hydroxyl groups excluding tert-OH is 1. The molecule has 0 bridgehead atoms. The Bertz CT molecular complexity index is 764. The number of fused-ring (bicyclic) bond motifs is 1. The minimum Gasteiger partial charge on any atom is -0.394 e. The van der Waals surface area contributed by atoms with Gasteiger partial charge in [-0.05, 0) is 42.2 Å². The molecule has 0 spiro atoms. The molecule has 2 aromatic carbocycles. The van der Waals surface area contributed by atoms with Crippen LogP contribution in [-0.4, -0.2) is 30.8 Å². The fourth-order valence-electron chi connectivity index (χ4n) is 3.83. The van der Waals surface area contributed by atoms with Gasteiger partial charge in [0, 0.05) is 16.9 Å². The van der Waals surface area contributed by atoms with E-state index in [9.17, 15) is 9.90 Å². The first-order valence-electron chi connectivity index (χ1n) is 8.83. The number of anilines is 1. The Morgan fingerprint density at radius 2 is 2.00 bits per heavy atom. The molecule has 0 aromatic heterocycles. The van der Waals surface area contributed by atoms with E-state index in [-0.39, 0.29) is 18.7 Å². The molecule has 4 nitrogen and oxygen atoms in total. The number of aliphatic hydroxyl groups is 1. The van der Waals surface area contributed by atoms with Gasteiger partial charge < -0.3 is 10.4 Å². The Morgan fingerprint density at radius 1 is 1.28 bits per heavy atom. The predicted molar refractivity (Wildman–Crippen MR) is 106 cm³/mol. The molecule has 3 atom stereocenters. The van der Waals surface area contributed by atoms with Crippen LogP contribution >= 0.6 is 15.9 Å². The molecule has 5 heteroatoms. The van der Waals surface area contributed by atoms with Crippen molar-refractivity contribution in [1.29, 1.82) is 0 Å². The molecule has 0 heterocycles. The molecular formula is C20H25BrN2O2. The summed E-state index contributed by atoms with van der Waals surface area (Å²) >= 11 is 3.57. The third-order valence-corrected chi connectivity index (χ3v) is 6.02. The Hall–Kier alpha value is -1.59. The molecule has 0 saturated heterocycles. The van der Waals surface area contributed by atoms with Gasteiger partial charge in [0.25, 0.3) is 0 Å². The number of carbonyl (C=O) groups excluding carboxylic acids is 1. The van der Waals surface area contributed by atoms with Gasteiger partial charge in [0.1, 0.15) is 0 Å². The SMILES string of the molecule is CC1CCC([C@@H](CO)NC(=O)N(C)c2ccc(Br)c3ccccc23)C1.